The van der Waals surface area contributed by atoms with E-state index in [0.717, 1.165) is 35.5 Å². The molecule has 0 saturated carbocycles. The summed E-state index contributed by atoms with van der Waals surface area (Å²) in [6.07, 6.45) is 6.27. The first-order valence-corrected chi connectivity index (χ1v) is 12.1. The molecule has 0 aliphatic carbocycles. The zero-order valence-electron chi connectivity index (χ0n) is 20.1. The predicted molar refractivity (Wildman–Crippen MR) is 136 cm³/mol. The Morgan fingerprint density at radius 2 is 1.72 bits per heavy atom. The van der Waals surface area contributed by atoms with Gasteiger partial charge in [0.15, 0.2) is 0 Å². The van der Waals surface area contributed by atoms with Crippen molar-refractivity contribution in [1.29, 1.82) is 5.26 Å². The molecule has 1 atom stereocenters. The van der Waals surface area contributed by atoms with Crippen LogP contribution in [0.2, 0.25) is 0 Å². The summed E-state index contributed by atoms with van der Waals surface area (Å²) in [7, 11) is 0. The quantitative estimate of drug-likeness (QED) is 0.365. The van der Waals surface area contributed by atoms with Crippen LogP contribution in [-0.2, 0) is 31.0 Å². The minimum absolute atomic E-state index is 0.160. The number of hydrogen-bond donors (Lipinski definition) is 0. The molecule has 5 rings (SSSR count). The van der Waals surface area contributed by atoms with Crippen molar-refractivity contribution >= 4 is 5.91 Å². The van der Waals surface area contributed by atoms with Gasteiger partial charge in [-0.2, -0.15) is 5.26 Å². The zero-order valence-corrected chi connectivity index (χ0v) is 20.1. The lowest BCUT2D eigenvalue weighted by Gasteiger charge is -2.28. The molecule has 1 fully saturated rings. The third-order valence-electron chi connectivity index (χ3n) is 6.62. The van der Waals surface area contributed by atoms with E-state index in [1.165, 1.54) is 0 Å². The third-order valence-corrected chi connectivity index (χ3v) is 6.62. The summed E-state index contributed by atoms with van der Waals surface area (Å²) in [5.41, 5.74) is 4.85. The van der Waals surface area contributed by atoms with Crippen molar-refractivity contribution in [1.82, 2.24) is 24.3 Å². The smallest absolute Gasteiger partial charge is 0.240 e. The van der Waals surface area contributed by atoms with Crippen molar-refractivity contribution in [3.63, 3.8) is 0 Å². The molecular weight excluding hydrogens is 448 g/mol. The fourth-order valence-electron chi connectivity index (χ4n) is 4.71. The largest absolute Gasteiger partial charge is 0.337 e. The fraction of sp³-hybridized carbons (Fsp3) is 0.241. The van der Waals surface area contributed by atoms with Gasteiger partial charge in [-0.3, -0.25) is 14.7 Å². The van der Waals surface area contributed by atoms with Crippen molar-refractivity contribution in [2.45, 2.75) is 38.6 Å². The molecule has 7 heteroatoms. The van der Waals surface area contributed by atoms with E-state index in [1.54, 1.807) is 6.20 Å². The molecule has 0 radical (unpaired) electrons. The number of carbonyl (C=O) groups excluding carboxylic acids is 1. The second-order valence-corrected chi connectivity index (χ2v) is 9.10. The van der Waals surface area contributed by atoms with Crippen molar-refractivity contribution in [3.05, 3.63) is 120 Å². The van der Waals surface area contributed by atoms with Crippen molar-refractivity contribution in [2.75, 3.05) is 6.54 Å². The Balaban J connectivity index is 1.35. The minimum atomic E-state index is -0.214. The number of hydrogen-bond acceptors (Lipinski definition) is 5. The topological polar surface area (TPSA) is 78.1 Å². The van der Waals surface area contributed by atoms with Gasteiger partial charge >= 0.3 is 0 Å². The highest BCUT2D eigenvalue weighted by Gasteiger charge is 2.36. The highest BCUT2D eigenvalue weighted by Crippen LogP contribution is 2.23. The highest BCUT2D eigenvalue weighted by atomic mass is 16.2. The van der Waals surface area contributed by atoms with Crippen LogP contribution in [0, 0.1) is 11.3 Å². The van der Waals surface area contributed by atoms with Gasteiger partial charge in [-0.1, -0.05) is 48.5 Å². The molecule has 36 heavy (non-hydrogen) atoms. The summed E-state index contributed by atoms with van der Waals surface area (Å²) in [5, 5.41) is 9.07. The van der Waals surface area contributed by atoms with E-state index in [2.05, 4.69) is 37.6 Å². The van der Waals surface area contributed by atoms with E-state index < -0.39 is 0 Å². The fourth-order valence-corrected chi connectivity index (χ4v) is 4.71. The second-order valence-electron chi connectivity index (χ2n) is 9.10. The summed E-state index contributed by atoms with van der Waals surface area (Å²) in [6, 6.07) is 25.6. The normalized spacial score (nSPS) is 15.4. The zero-order chi connectivity index (χ0) is 24.7. The average Bonchev–Trinajstić information content (AvgIpc) is 3.51. The Kier molecular flexibility index (Phi) is 7.15. The number of nitrogens with zero attached hydrogens (tertiary/aromatic N) is 6. The number of pyridine rings is 1. The molecule has 1 aliphatic heterocycles. The van der Waals surface area contributed by atoms with E-state index in [-0.39, 0.29) is 11.9 Å². The van der Waals surface area contributed by atoms with E-state index in [0.29, 0.717) is 31.7 Å². The van der Waals surface area contributed by atoms with Crippen LogP contribution in [-0.4, -0.2) is 42.8 Å². The number of nitriles is 1. The van der Waals surface area contributed by atoms with Gasteiger partial charge in [-0.25, -0.2) is 4.98 Å². The van der Waals surface area contributed by atoms with Gasteiger partial charge in [0.25, 0.3) is 0 Å². The molecule has 7 nitrogen and oxygen atoms in total. The molecule has 1 aliphatic rings. The lowest BCUT2D eigenvalue weighted by Crippen LogP contribution is -2.41. The molecule has 1 saturated heterocycles. The van der Waals surface area contributed by atoms with Gasteiger partial charge in [0.1, 0.15) is 0 Å². The molecule has 0 unspecified atom stereocenters. The number of carbonyl (C=O) groups is 1. The maximum Gasteiger partial charge on any atom is 0.240 e. The van der Waals surface area contributed by atoms with E-state index in [9.17, 15) is 4.79 Å². The first-order valence-electron chi connectivity index (χ1n) is 12.1. The summed E-state index contributed by atoms with van der Waals surface area (Å²) in [5.74, 6) is 0.160. The molecule has 4 aromatic rings. The van der Waals surface area contributed by atoms with Crippen molar-refractivity contribution in [3.8, 4) is 6.07 Å². The van der Waals surface area contributed by atoms with Crippen LogP contribution in [0.3, 0.4) is 0 Å². The molecule has 0 spiro atoms. The van der Waals surface area contributed by atoms with Gasteiger partial charge in [0.2, 0.25) is 5.91 Å². The molecule has 0 N–H and O–H groups in total. The average molecular weight is 477 g/mol. The first-order chi connectivity index (χ1) is 17.7. The van der Waals surface area contributed by atoms with Crippen LogP contribution in [0.5, 0.6) is 0 Å². The van der Waals surface area contributed by atoms with Gasteiger partial charge in [0, 0.05) is 45.1 Å². The Labute approximate surface area is 211 Å². The van der Waals surface area contributed by atoms with Crippen molar-refractivity contribution < 1.29 is 4.79 Å². The number of amides is 1. The Bertz CT molecular complexity index is 1330. The monoisotopic (exact) mass is 476 g/mol. The summed E-state index contributed by atoms with van der Waals surface area (Å²) in [6.45, 7) is 3.18. The lowest BCUT2D eigenvalue weighted by atomic mass is 10.1. The standard InChI is InChI=1S/C29H28N6O/c30-16-23-9-11-25(12-10-23)19-35-22-31-17-27(35)21-34(20-26-8-4-5-14-32-26)28-13-15-33(29(28)36)18-24-6-2-1-3-7-24/h1-12,14,17,22,28H,13,15,18-21H2/t28-/m1/s1. The molecule has 2 aromatic carbocycles. The number of benzene rings is 2. The maximum atomic E-state index is 13.5. The molecule has 3 heterocycles. The number of aromatic nitrogens is 3. The summed E-state index contributed by atoms with van der Waals surface area (Å²) >= 11 is 0. The predicted octanol–water partition coefficient (Wildman–Crippen LogP) is 4.00. The summed E-state index contributed by atoms with van der Waals surface area (Å²) < 4.78 is 2.11. The van der Waals surface area contributed by atoms with Gasteiger partial charge < -0.3 is 9.47 Å². The van der Waals surface area contributed by atoms with Crippen molar-refractivity contribution in [2.24, 2.45) is 0 Å². The van der Waals surface area contributed by atoms with Crippen LogP contribution in [0.15, 0.2) is 91.5 Å². The van der Waals surface area contributed by atoms with E-state index >= 15 is 0 Å². The van der Waals surface area contributed by atoms with Crippen LogP contribution in [0.1, 0.15) is 34.5 Å². The van der Waals surface area contributed by atoms with E-state index in [1.807, 2.05) is 78.1 Å². The van der Waals surface area contributed by atoms with Crippen LogP contribution in [0.4, 0.5) is 0 Å². The van der Waals surface area contributed by atoms with Crippen LogP contribution < -0.4 is 0 Å². The number of rotatable bonds is 9. The van der Waals surface area contributed by atoms with Gasteiger partial charge in [-0.05, 0) is 41.8 Å². The third kappa shape index (κ3) is 5.51. The number of imidazole rings is 1. The van der Waals surface area contributed by atoms with Crippen LogP contribution in [0.25, 0.3) is 0 Å². The Morgan fingerprint density at radius 1 is 0.944 bits per heavy atom. The van der Waals surface area contributed by atoms with Gasteiger partial charge in [-0.15, -0.1) is 0 Å². The Hall–Kier alpha value is -4.28. The molecule has 1 amide bonds. The second kappa shape index (κ2) is 11.0. The van der Waals surface area contributed by atoms with Crippen LogP contribution >= 0.6 is 0 Å². The van der Waals surface area contributed by atoms with E-state index in [4.69, 9.17) is 5.26 Å². The molecule has 180 valence electrons. The SMILES string of the molecule is N#Cc1ccc(Cn2cncc2CN(Cc2ccccn2)[C@@H]2CCN(Cc3ccccc3)C2=O)cc1. The first kappa shape index (κ1) is 23.5. The molecular formula is C29H28N6O. The summed E-state index contributed by atoms with van der Waals surface area (Å²) in [4.78, 5) is 26.6. The highest BCUT2D eigenvalue weighted by molar-refractivity contribution is 5.84. The molecule has 0 bridgehead atoms. The number of likely N-dealkylation sites (tertiary alicyclic amines) is 1. The maximum absolute atomic E-state index is 13.5. The minimum Gasteiger partial charge on any atom is -0.337 e. The lowest BCUT2D eigenvalue weighted by molar-refractivity contribution is -0.133. The molecule has 2 aromatic heterocycles. The Morgan fingerprint density at radius 3 is 2.47 bits per heavy atom. The van der Waals surface area contributed by atoms with Gasteiger partial charge in [0.05, 0.1) is 35.4 Å².